The molecular weight excluding hydrogens is 397 g/mol. The molecule has 8 heteroatoms. The molecule has 0 fully saturated rings. The van der Waals surface area contributed by atoms with Gasteiger partial charge in [-0.15, -0.1) is 13.2 Å². The van der Waals surface area contributed by atoms with Crippen molar-refractivity contribution in [1.29, 1.82) is 0 Å². The zero-order chi connectivity index (χ0) is 21.6. The fraction of sp³-hybridized carbons (Fsp3) is 0.0909. The summed E-state index contributed by atoms with van der Waals surface area (Å²) in [6, 6.07) is 21.3. The van der Waals surface area contributed by atoms with E-state index in [-0.39, 0.29) is 12.2 Å². The predicted molar refractivity (Wildman–Crippen MR) is 106 cm³/mol. The van der Waals surface area contributed by atoms with E-state index in [0.29, 0.717) is 5.56 Å². The third-order valence-corrected chi connectivity index (χ3v) is 4.04. The van der Waals surface area contributed by atoms with Crippen LogP contribution < -0.4 is 15.4 Å². The van der Waals surface area contributed by atoms with Crippen molar-refractivity contribution in [3.63, 3.8) is 0 Å². The Labute approximate surface area is 170 Å². The number of nitrogens with one attached hydrogen (secondary N) is 2. The minimum Gasteiger partial charge on any atom is -0.406 e. The third kappa shape index (κ3) is 6.10. The van der Waals surface area contributed by atoms with Crippen LogP contribution in [0.15, 0.2) is 78.9 Å². The van der Waals surface area contributed by atoms with Crippen LogP contribution in [0, 0.1) is 0 Å². The fourth-order valence-corrected chi connectivity index (χ4v) is 2.65. The van der Waals surface area contributed by atoms with E-state index in [1.54, 1.807) is 12.1 Å². The lowest BCUT2D eigenvalue weighted by Crippen LogP contribution is -2.32. The zero-order valence-corrected chi connectivity index (χ0v) is 15.6. The van der Waals surface area contributed by atoms with Gasteiger partial charge in [0.05, 0.1) is 6.54 Å². The van der Waals surface area contributed by atoms with Gasteiger partial charge < -0.3 is 15.4 Å². The molecule has 0 saturated heterocycles. The highest BCUT2D eigenvalue weighted by Crippen LogP contribution is 2.24. The number of carbonyl (C=O) groups excluding carboxylic acids is 2. The maximum Gasteiger partial charge on any atom is 0.573 e. The highest BCUT2D eigenvalue weighted by atomic mass is 19.4. The van der Waals surface area contributed by atoms with Gasteiger partial charge in [0.25, 0.3) is 5.91 Å². The Morgan fingerprint density at radius 2 is 1.40 bits per heavy atom. The summed E-state index contributed by atoms with van der Waals surface area (Å²) in [7, 11) is 0. The average Bonchev–Trinajstić information content (AvgIpc) is 2.73. The van der Waals surface area contributed by atoms with Crippen molar-refractivity contribution < 1.29 is 27.5 Å². The van der Waals surface area contributed by atoms with Gasteiger partial charge in [-0.2, -0.15) is 0 Å². The van der Waals surface area contributed by atoms with Crippen molar-refractivity contribution in [3.8, 4) is 16.9 Å². The SMILES string of the molecule is O=C(CNC(=O)c1ccc(-c2ccccc2)cc1)Nc1ccc(OC(F)(F)F)cc1. The van der Waals surface area contributed by atoms with Gasteiger partial charge in [0.2, 0.25) is 5.91 Å². The van der Waals surface area contributed by atoms with Gasteiger partial charge in [0, 0.05) is 11.3 Å². The molecular formula is C22H17F3N2O3. The van der Waals surface area contributed by atoms with Crippen molar-refractivity contribution in [2.24, 2.45) is 0 Å². The van der Waals surface area contributed by atoms with E-state index in [9.17, 15) is 22.8 Å². The number of carbonyl (C=O) groups is 2. The summed E-state index contributed by atoms with van der Waals surface area (Å²) in [6.07, 6.45) is -4.78. The van der Waals surface area contributed by atoms with Crippen molar-refractivity contribution in [1.82, 2.24) is 5.32 Å². The van der Waals surface area contributed by atoms with E-state index in [1.165, 1.54) is 12.1 Å². The van der Waals surface area contributed by atoms with Gasteiger partial charge in [0.15, 0.2) is 0 Å². The van der Waals surface area contributed by atoms with Crippen LogP contribution in [-0.4, -0.2) is 24.7 Å². The molecule has 0 spiro atoms. The highest BCUT2D eigenvalue weighted by Gasteiger charge is 2.30. The van der Waals surface area contributed by atoms with Crippen LogP contribution in [0.4, 0.5) is 18.9 Å². The molecule has 0 heterocycles. The molecule has 0 unspecified atom stereocenters. The monoisotopic (exact) mass is 414 g/mol. The fourth-order valence-electron chi connectivity index (χ4n) is 2.65. The van der Waals surface area contributed by atoms with Crippen molar-refractivity contribution in [3.05, 3.63) is 84.4 Å². The number of halogens is 3. The van der Waals surface area contributed by atoms with Crippen molar-refractivity contribution >= 4 is 17.5 Å². The third-order valence-electron chi connectivity index (χ3n) is 4.04. The minimum absolute atomic E-state index is 0.274. The Bertz CT molecular complexity index is 1000. The molecule has 3 aromatic rings. The van der Waals surface area contributed by atoms with Gasteiger partial charge in [-0.05, 0) is 47.5 Å². The first-order valence-electron chi connectivity index (χ1n) is 8.89. The Balaban J connectivity index is 1.50. The maximum absolute atomic E-state index is 12.2. The summed E-state index contributed by atoms with van der Waals surface area (Å²) in [5, 5.41) is 4.98. The largest absolute Gasteiger partial charge is 0.573 e. The van der Waals surface area contributed by atoms with E-state index in [2.05, 4.69) is 15.4 Å². The van der Waals surface area contributed by atoms with E-state index < -0.39 is 23.9 Å². The molecule has 0 aliphatic heterocycles. The molecule has 30 heavy (non-hydrogen) atoms. The second-order valence-corrected chi connectivity index (χ2v) is 6.25. The molecule has 0 aliphatic rings. The minimum atomic E-state index is -4.78. The summed E-state index contributed by atoms with van der Waals surface area (Å²) in [4.78, 5) is 24.2. The van der Waals surface area contributed by atoms with Gasteiger partial charge in [-0.1, -0.05) is 42.5 Å². The quantitative estimate of drug-likeness (QED) is 0.619. The summed E-state index contributed by atoms with van der Waals surface area (Å²) in [6.45, 7) is -0.292. The number of ether oxygens (including phenoxy) is 1. The van der Waals surface area contributed by atoms with Gasteiger partial charge in [0.1, 0.15) is 5.75 Å². The van der Waals surface area contributed by atoms with Gasteiger partial charge in [-0.25, -0.2) is 0 Å². The van der Waals surface area contributed by atoms with E-state index >= 15 is 0 Å². The van der Waals surface area contributed by atoms with Crippen LogP contribution in [0.25, 0.3) is 11.1 Å². The highest BCUT2D eigenvalue weighted by molar-refractivity contribution is 5.99. The predicted octanol–water partition coefficient (Wildman–Crippen LogP) is 4.62. The Kier molecular flexibility index (Phi) is 6.36. The molecule has 0 atom stereocenters. The molecule has 0 radical (unpaired) electrons. The van der Waals surface area contributed by atoms with Gasteiger partial charge >= 0.3 is 6.36 Å². The van der Waals surface area contributed by atoms with E-state index in [0.717, 1.165) is 23.3 Å². The Hall–Kier alpha value is -3.81. The van der Waals surface area contributed by atoms with Crippen LogP contribution >= 0.6 is 0 Å². The standard InChI is InChI=1S/C22H17F3N2O3/c23-22(24,25)30-19-12-10-18(11-13-19)27-20(28)14-26-21(29)17-8-6-16(7-9-17)15-4-2-1-3-5-15/h1-13H,14H2,(H,26,29)(H,27,28). The molecule has 0 aliphatic carbocycles. The van der Waals surface area contributed by atoms with Crippen LogP contribution in [0.2, 0.25) is 0 Å². The molecule has 2 N–H and O–H groups in total. The normalized spacial score (nSPS) is 10.9. The lowest BCUT2D eigenvalue weighted by atomic mass is 10.0. The number of alkyl halides is 3. The molecule has 3 rings (SSSR count). The number of amides is 2. The van der Waals surface area contributed by atoms with Crippen molar-refractivity contribution in [2.75, 3.05) is 11.9 Å². The number of hydrogen-bond acceptors (Lipinski definition) is 3. The molecule has 0 saturated carbocycles. The smallest absolute Gasteiger partial charge is 0.406 e. The van der Waals surface area contributed by atoms with Gasteiger partial charge in [-0.3, -0.25) is 9.59 Å². The first-order valence-corrected chi connectivity index (χ1v) is 8.89. The molecule has 2 amide bonds. The van der Waals surface area contributed by atoms with Crippen LogP contribution in [-0.2, 0) is 4.79 Å². The molecule has 0 bridgehead atoms. The first kappa shape index (κ1) is 20.9. The molecule has 154 valence electrons. The number of benzene rings is 3. The summed E-state index contributed by atoms with van der Waals surface area (Å²) < 4.78 is 40.2. The second-order valence-electron chi connectivity index (χ2n) is 6.25. The lowest BCUT2D eigenvalue weighted by Gasteiger charge is -2.10. The Morgan fingerprint density at radius 1 is 0.800 bits per heavy atom. The molecule has 3 aromatic carbocycles. The second kappa shape index (κ2) is 9.13. The Morgan fingerprint density at radius 3 is 2.00 bits per heavy atom. The average molecular weight is 414 g/mol. The topological polar surface area (TPSA) is 67.4 Å². The maximum atomic E-state index is 12.2. The molecule has 0 aromatic heterocycles. The van der Waals surface area contributed by atoms with Crippen LogP contribution in [0.1, 0.15) is 10.4 Å². The first-order chi connectivity index (χ1) is 14.3. The molecule has 5 nitrogen and oxygen atoms in total. The summed E-state index contributed by atoms with van der Waals surface area (Å²) in [5.74, 6) is -1.33. The summed E-state index contributed by atoms with van der Waals surface area (Å²) >= 11 is 0. The van der Waals surface area contributed by atoms with Crippen molar-refractivity contribution in [2.45, 2.75) is 6.36 Å². The van der Waals surface area contributed by atoms with E-state index in [4.69, 9.17) is 0 Å². The number of rotatable bonds is 6. The van der Waals surface area contributed by atoms with E-state index in [1.807, 2.05) is 42.5 Å². The van der Waals surface area contributed by atoms with Crippen LogP contribution in [0.3, 0.4) is 0 Å². The summed E-state index contributed by atoms with van der Waals surface area (Å²) in [5.41, 5.74) is 2.66. The zero-order valence-electron chi connectivity index (χ0n) is 15.6. The van der Waals surface area contributed by atoms with Crippen LogP contribution in [0.5, 0.6) is 5.75 Å². The lowest BCUT2D eigenvalue weighted by molar-refractivity contribution is -0.274. The number of anilines is 1. The number of hydrogen-bond donors (Lipinski definition) is 2.